The Bertz CT molecular complexity index is 697. The molecular weight excluding hydrogens is 360 g/mol. The van der Waals surface area contributed by atoms with Gasteiger partial charge < -0.3 is 10.1 Å². The molecule has 1 atom stereocenters. The standard InChI is InChI=1S/C16H19BrN4O2/c1-10(2)7-18-16(22)15-13-9-23-14(8-21(13)20-19-15)11-3-5-12(17)6-4-11/h3-6,10,14H,7-9H2,1-2H3,(H,18,22)/t14-/m1/s1. The van der Waals surface area contributed by atoms with Gasteiger partial charge in [-0.15, -0.1) is 5.10 Å². The number of carbonyl (C=O) groups is 1. The third-order valence-corrected chi connectivity index (χ3v) is 4.25. The van der Waals surface area contributed by atoms with E-state index in [1.165, 1.54) is 0 Å². The number of aromatic nitrogens is 3. The molecule has 2 heterocycles. The summed E-state index contributed by atoms with van der Waals surface area (Å²) in [6.07, 6.45) is -0.0797. The Kier molecular flexibility index (Phi) is 4.77. The molecule has 0 unspecified atom stereocenters. The van der Waals surface area contributed by atoms with Crippen LogP contribution >= 0.6 is 15.9 Å². The Balaban J connectivity index is 1.73. The first-order chi connectivity index (χ1) is 11.0. The van der Waals surface area contributed by atoms with Gasteiger partial charge in [-0.25, -0.2) is 4.68 Å². The average molecular weight is 379 g/mol. The van der Waals surface area contributed by atoms with Gasteiger partial charge in [0.05, 0.1) is 18.8 Å². The van der Waals surface area contributed by atoms with Gasteiger partial charge in [-0.05, 0) is 23.6 Å². The summed E-state index contributed by atoms with van der Waals surface area (Å²) in [5.41, 5.74) is 2.18. The Morgan fingerprint density at radius 1 is 1.43 bits per heavy atom. The molecule has 6 nitrogen and oxygen atoms in total. The number of nitrogens with one attached hydrogen (secondary N) is 1. The number of rotatable bonds is 4. The molecule has 0 aliphatic carbocycles. The summed E-state index contributed by atoms with van der Waals surface area (Å²) >= 11 is 3.43. The minimum Gasteiger partial charge on any atom is -0.365 e. The molecule has 0 bridgehead atoms. The largest absolute Gasteiger partial charge is 0.365 e. The van der Waals surface area contributed by atoms with Crippen molar-refractivity contribution in [1.29, 1.82) is 0 Å². The van der Waals surface area contributed by atoms with Crippen molar-refractivity contribution in [3.63, 3.8) is 0 Å². The number of ether oxygens (including phenoxy) is 1. The second kappa shape index (κ2) is 6.80. The van der Waals surface area contributed by atoms with Crippen molar-refractivity contribution in [3.05, 3.63) is 45.7 Å². The van der Waals surface area contributed by atoms with E-state index >= 15 is 0 Å². The molecule has 0 spiro atoms. The van der Waals surface area contributed by atoms with Crippen LogP contribution in [0, 0.1) is 5.92 Å². The second-order valence-corrected chi connectivity index (χ2v) is 6.94. The fourth-order valence-electron chi connectivity index (χ4n) is 2.45. The van der Waals surface area contributed by atoms with E-state index in [2.05, 4.69) is 31.6 Å². The number of fused-ring (bicyclic) bond motifs is 1. The lowest BCUT2D eigenvalue weighted by molar-refractivity contribution is -0.00177. The number of benzene rings is 1. The molecule has 7 heteroatoms. The molecule has 1 aromatic carbocycles. The fraction of sp³-hybridized carbons (Fsp3) is 0.438. The van der Waals surface area contributed by atoms with Gasteiger partial charge >= 0.3 is 0 Å². The summed E-state index contributed by atoms with van der Waals surface area (Å²) < 4.78 is 8.70. The quantitative estimate of drug-likeness (QED) is 0.887. The third kappa shape index (κ3) is 3.61. The first kappa shape index (κ1) is 16.1. The Hall–Kier alpha value is -1.73. The Morgan fingerprint density at radius 3 is 2.87 bits per heavy atom. The predicted octanol–water partition coefficient (Wildman–Crippen LogP) is 2.70. The number of halogens is 1. The van der Waals surface area contributed by atoms with Crippen LogP contribution in [-0.4, -0.2) is 27.4 Å². The van der Waals surface area contributed by atoms with Crippen molar-refractivity contribution in [3.8, 4) is 0 Å². The summed E-state index contributed by atoms with van der Waals surface area (Å²) in [6, 6.07) is 8.01. The molecule has 1 amide bonds. The van der Waals surface area contributed by atoms with Crippen molar-refractivity contribution in [1.82, 2.24) is 20.3 Å². The highest BCUT2D eigenvalue weighted by Crippen LogP contribution is 2.27. The van der Waals surface area contributed by atoms with Crippen LogP contribution in [0.4, 0.5) is 0 Å². The molecule has 3 rings (SSSR count). The van der Waals surface area contributed by atoms with Crippen LogP contribution < -0.4 is 5.32 Å². The van der Waals surface area contributed by atoms with Crippen LogP contribution in [0.25, 0.3) is 0 Å². The molecule has 1 aliphatic rings. The Morgan fingerprint density at radius 2 is 2.17 bits per heavy atom. The van der Waals surface area contributed by atoms with Crippen molar-refractivity contribution in [2.75, 3.05) is 6.54 Å². The van der Waals surface area contributed by atoms with E-state index in [0.29, 0.717) is 31.3 Å². The van der Waals surface area contributed by atoms with Crippen LogP contribution in [0.15, 0.2) is 28.7 Å². The Labute approximate surface area is 143 Å². The SMILES string of the molecule is CC(C)CNC(=O)c1nnn2c1CO[C@@H](c1ccc(Br)cc1)C2. The van der Waals surface area contributed by atoms with E-state index in [-0.39, 0.29) is 12.0 Å². The monoisotopic (exact) mass is 378 g/mol. The van der Waals surface area contributed by atoms with Crippen LogP contribution in [0.1, 0.15) is 41.7 Å². The lowest BCUT2D eigenvalue weighted by Crippen LogP contribution is -2.30. The first-order valence-electron chi connectivity index (χ1n) is 7.62. The summed E-state index contributed by atoms with van der Waals surface area (Å²) in [4.78, 5) is 12.2. The zero-order chi connectivity index (χ0) is 16.4. The van der Waals surface area contributed by atoms with Gasteiger partial charge in [0, 0.05) is 11.0 Å². The lowest BCUT2D eigenvalue weighted by atomic mass is 10.1. The molecule has 0 fully saturated rings. The smallest absolute Gasteiger partial charge is 0.273 e. The van der Waals surface area contributed by atoms with Gasteiger partial charge in [-0.1, -0.05) is 47.1 Å². The number of hydrogen-bond acceptors (Lipinski definition) is 4. The van der Waals surface area contributed by atoms with Crippen molar-refractivity contribution >= 4 is 21.8 Å². The van der Waals surface area contributed by atoms with Crippen molar-refractivity contribution < 1.29 is 9.53 Å². The number of nitrogens with zero attached hydrogens (tertiary/aromatic N) is 3. The molecule has 2 aromatic rings. The predicted molar refractivity (Wildman–Crippen MR) is 88.9 cm³/mol. The number of amides is 1. The molecule has 1 aliphatic heterocycles. The summed E-state index contributed by atoms with van der Waals surface area (Å²) in [6.45, 7) is 5.60. The average Bonchev–Trinajstić information content (AvgIpc) is 2.96. The topological polar surface area (TPSA) is 69.0 Å². The molecule has 1 aromatic heterocycles. The van der Waals surface area contributed by atoms with Crippen LogP contribution in [0.2, 0.25) is 0 Å². The van der Waals surface area contributed by atoms with E-state index < -0.39 is 0 Å². The maximum absolute atomic E-state index is 12.2. The normalized spacial score (nSPS) is 17.1. The van der Waals surface area contributed by atoms with Gasteiger partial charge in [0.2, 0.25) is 0 Å². The van der Waals surface area contributed by atoms with Gasteiger partial charge in [0.15, 0.2) is 5.69 Å². The number of hydrogen-bond donors (Lipinski definition) is 1. The first-order valence-corrected chi connectivity index (χ1v) is 8.41. The zero-order valence-electron chi connectivity index (χ0n) is 13.1. The fourth-order valence-corrected chi connectivity index (χ4v) is 2.71. The van der Waals surface area contributed by atoms with Crippen molar-refractivity contribution in [2.45, 2.75) is 33.1 Å². The van der Waals surface area contributed by atoms with Crippen molar-refractivity contribution in [2.24, 2.45) is 5.92 Å². The van der Waals surface area contributed by atoms with Gasteiger partial charge in [-0.3, -0.25) is 4.79 Å². The zero-order valence-corrected chi connectivity index (χ0v) is 14.7. The van der Waals surface area contributed by atoms with Gasteiger partial charge in [-0.2, -0.15) is 0 Å². The van der Waals surface area contributed by atoms with E-state index in [9.17, 15) is 4.79 Å². The molecule has 23 heavy (non-hydrogen) atoms. The molecule has 1 N–H and O–H groups in total. The number of carbonyl (C=O) groups excluding carboxylic acids is 1. The van der Waals surface area contributed by atoms with E-state index in [1.54, 1.807) is 4.68 Å². The van der Waals surface area contributed by atoms with Crippen LogP contribution in [0.3, 0.4) is 0 Å². The van der Waals surface area contributed by atoms with Gasteiger partial charge in [0.1, 0.15) is 6.10 Å². The maximum Gasteiger partial charge on any atom is 0.273 e. The summed E-state index contributed by atoms with van der Waals surface area (Å²) in [5, 5.41) is 11.0. The summed E-state index contributed by atoms with van der Waals surface area (Å²) in [5.74, 6) is 0.203. The lowest BCUT2D eigenvalue weighted by Gasteiger charge is -2.24. The van der Waals surface area contributed by atoms with E-state index in [1.807, 2.05) is 38.1 Å². The van der Waals surface area contributed by atoms with Crippen LogP contribution in [-0.2, 0) is 17.9 Å². The second-order valence-electron chi connectivity index (χ2n) is 6.02. The molecule has 0 saturated heterocycles. The highest BCUT2D eigenvalue weighted by atomic mass is 79.9. The minimum absolute atomic E-state index is 0.0797. The third-order valence-electron chi connectivity index (χ3n) is 3.73. The van der Waals surface area contributed by atoms with E-state index in [4.69, 9.17) is 4.74 Å². The summed E-state index contributed by atoms with van der Waals surface area (Å²) in [7, 11) is 0. The minimum atomic E-state index is -0.189. The molecular formula is C16H19BrN4O2. The molecule has 122 valence electrons. The molecule has 0 saturated carbocycles. The van der Waals surface area contributed by atoms with E-state index in [0.717, 1.165) is 15.7 Å². The molecule has 0 radical (unpaired) electrons. The highest BCUT2D eigenvalue weighted by Gasteiger charge is 2.27. The maximum atomic E-state index is 12.2. The van der Waals surface area contributed by atoms with Gasteiger partial charge in [0.25, 0.3) is 5.91 Å². The highest BCUT2D eigenvalue weighted by molar-refractivity contribution is 9.10. The van der Waals surface area contributed by atoms with Crippen LogP contribution in [0.5, 0.6) is 0 Å².